The van der Waals surface area contributed by atoms with Crippen molar-refractivity contribution >= 4 is 76.7 Å². The van der Waals surface area contributed by atoms with Crippen LogP contribution >= 0.6 is 0 Å². The first-order valence-electron chi connectivity index (χ1n) is 17.1. The molecule has 9 aromatic rings. The molecule has 0 saturated carbocycles. The first-order chi connectivity index (χ1) is 24.2. The molecule has 0 amide bonds. The van der Waals surface area contributed by atoms with Gasteiger partial charge in [-0.25, -0.2) is 4.98 Å². The lowest BCUT2D eigenvalue weighted by atomic mass is 9.92. The van der Waals surface area contributed by atoms with Gasteiger partial charge in [0, 0.05) is 22.0 Å². The molecule has 0 radical (unpaired) electrons. The van der Waals surface area contributed by atoms with Gasteiger partial charge in [-0.3, -0.25) is 4.40 Å². The van der Waals surface area contributed by atoms with Gasteiger partial charge in [0.1, 0.15) is 17.2 Å². The number of hydrogen-bond acceptors (Lipinski definition) is 2. The van der Waals surface area contributed by atoms with Crippen LogP contribution in [-0.2, 0) is 0 Å². The van der Waals surface area contributed by atoms with Crippen molar-refractivity contribution in [3.8, 4) is 11.1 Å². The minimum Gasteiger partial charge on any atom is -0.318 e. The number of imidazole rings is 1. The highest BCUT2D eigenvalue weighted by atomic mass is 15.3. The van der Waals surface area contributed by atoms with Crippen molar-refractivity contribution in [2.45, 2.75) is 19.9 Å². The van der Waals surface area contributed by atoms with Gasteiger partial charge in [0.15, 0.2) is 0 Å². The Labute approximate surface area is 284 Å². The number of aromatic nitrogens is 2. The van der Waals surface area contributed by atoms with Gasteiger partial charge in [0.05, 0.1) is 11.6 Å². The number of allylic oxidation sites excluding steroid dienone is 3. The van der Waals surface area contributed by atoms with E-state index < -0.39 is 0 Å². The summed E-state index contributed by atoms with van der Waals surface area (Å²) in [6, 6.07) is 51.1. The van der Waals surface area contributed by atoms with E-state index in [1.807, 2.05) is 0 Å². The van der Waals surface area contributed by atoms with Gasteiger partial charge in [0.2, 0.25) is 0 Å². The lowest BCUT2D eigenvalue weighted by molar-refractivity contribution is 0.894. The van der Waals surface area contributed by atoms with Gasteiger partial charge < -0.3 is 4.90 Å². The van der Waals surface area contributed by atoms with Crippen LogP contribution < -0.4 is 4.90 Å². The van der Waals surface area contributed by atoms with E-state index in [1.54, 1.807) is 0 Å². The molecule has 3 heterocycles. The Kier molecular flexibility index (Phi) is 6.07. The van der Waals surface area contributed by atoms with E-state index in [0.29, 0.717) is 0 Å². The summed E-state index contributed by atoms with van der Waals surface area (Å²) in [4.78, 5) is 7.91. The molecule has 0 spiro atoms. The first kappa shape index (κ1) is 27.9. The third kappa shape index (κ3) is 3.99. The predicted molar refractivity (Wildman–Crippen MR) is 209 cm³/mol. The summed E-state index contributed by atoms with van der Waals surface area (Å²) in [5.74, 6) is 1.12. The molecule has 0 N–H and O–H groups in total. The van der Waals surface area contributed by atoms with Gasteiger partial charge in [-0.1, -0.05) is 133 Å². The number of hydrogen-bond donors (Lipinski definition) is 0. The standard InChI is InChI=1S/C46H33N3/c1-3-4-16-33-29(2)48(46-44(33)47-45-41-23-10-9-21-38(41)40-22-11-12-24-43(40)49(45)46)32-15-13-14-30(27-32)31-25-26-39-36-19-6-5-17-34(36)35-18-7-8-20-37(35)42(39)28-31/h3-29H,1-2H3/b4-3-,33-16+. The van der Waals surface area contributed by atoms with E-state index in [2.05, 4.69) is 181 Å². The zero-order valence-corrected chi connectivity index (χ0v) is 27.4. The Bertz CT molecular complexity index is 2840. The minimum absolute atomic E-state index is 0.0954. The first-order valence-corrected chi connectivity index (χ1v) is 17.1. The monoisotopic (exact) mass is 627 g/mol. The maximum Gasteiger partial charge on any atom is 0.147 e. The molecule has 3 nitrogen and oxygen atoms in total. The molecule has 10 rings (SSSR count). The molecule has 0 aliphatic carbocycles. The molecule has 0 fully saturated rings. The van der Waals surface area contributed by atoms with E-state index in [1.165, 1.54) is 70.7 Å². The maximum absolute atomic E-state index is 5.42. The van der Waals surface area contributed by atoms with Crippen LogP contribution in [0.4, 0.5) is 11.5 Å². The highest BCUT2D eigenvalue weighted by molar-refractivity contribution is 6.25. The summed E-state index contributed by atoms with van der Waals surface area (Å²) in [6.07, 6.45) is 6.47. The van der Waals surface area contributed by atoms with E-state index in [-0.39, 0.29) is 6.04 Å². The number of benzene rings is 7. The van der Waals surface area contributed by atoms with Crippen LogP contribution in [0.1, 0.15) is 19.5 Å². The molecule has 1 atom stereocenters. The zero-order chi connectivity index (χ0) is 32.6. The van der Waals surface area contributed by atoms with Gasteiger partial charge >= 0.3 is 0 Å². The largest absolute Gasteiger partial charge is 0.318 e. The van der Waals surface area contributed by atoms with E-state index in [9.17, 15) is 0 Å². The van der Waals surface area contributed by atoms with Crippen molar-refractivity contribution in [1.82, 2.24) is 9.38 Å². The fourth-order valence-corrected chi connectivity index (χ4v) is 8.25. The van der Waals surface area contributed by atoms with Crippen LogP contribution in [-0.4, -0.2) is 15.4 Å². The van der Waals surface area contributed by atoms with E-state index >= 15 is 0 Å². The third-order valence-corrected chi connectivity index (χ3v) is 10.5. The number of nitrogens with zero attached hydrogens (tertiary/aromatic N) is 3. The molecule has 0 saturated heterocycles. The van der Waals surface area contributed by atoms with Crippen LogP contribution in [0.5, 0.6) is 0 Å². The van der Waals surface area contributed by atoms with Gasteiger partial charge in [-0.2, -0.15) is 0 Å². The van der Waals surface area contributed by atoms with Crippen molar-refractivity contribution in [3.63, 3.8) is 0 Å². The zero-order valence-electron chi connectivity index (χ0n) is 27.4. The smallest absolute Gasteiger partial charge is 0.147 e. The van der Waals surface area contributed by atoms with Crippen LogP contribution in [0, 0.1) is 0 Å². The van der Waals surface area contributed by atoms with Crippen LogP contribution in [0.3, 0.4) is 0 Å². The van der Waals surface area contributed by atoms with Gasteiger partial charge in [0.25, 0.3) is 0 Å². The molecular formula is C46H33N3. The molecule has 232 valence electrons. The fraction of sp³-hybridized carbons (Fsp3) is 0.0652. The van der Waals surface area contributed by atoms with Crippen molar-refractivity contribution in [2.24, 2.45) is 0 Å². The van der Waals surface area contributed by atoms with Crippen LogP contribution in [0.15, 0.2) is 158 Å². The molecule has 1 aliphatic heterocycles. The van der Waals surface area contributed by atoms with Crippen LogP contribution in [0.25, 0.3) is 76.3 Å². The average molecular weight is 628 g/mol. The van der Waals surface area contributed by atoms with Gasteiger partial charge in [-0.05, 0) is 86.9 Å². The number of para-hydroxylation sites is 1. The summed E-state index contributed by atoms with van der Waals surface area (Å²) < 4.78 is 2.39. The second-order valence-electron chi connectivity index (χ2n) is 13.1. The molecule has 1 aliphatic rings. The molecule has 49 heavy (non-hydrogen) atoms. The van der Waals surface area contributed by atoms with E-state index in [4.69, 9.17) is 4.98 Å². The topological polar surface area (TPSA) is 20.5 Å². The predicted octanol–water partition coefficient (Wildman–Crippen LogP) is 12.3. The fourth-order valence-electron chi connectivity index (χ4n) is 8.25. The summed E-state index contributed by atoms with van der Waals surface area (Å²) in [7, 11) is 0. The molecule has 0 bridgehead atoms. The lowest BCUT2D eigenvalue weighted by Crippen LogP contribution is -2.25. The van der Waals surface area contributed by atoms with E-state index in [0.717, 1.165) is 22.8 Å². The second kappa shape index (κ2) is 10.7. The summed E-state index contributed by atoms with van der Waals surface area (Å²) in [6.45, 7) is 4.37. The van der Waals surface area contributed by atoms with Crippen molar-refractivity contribution in [3.05, 3.63) is 163 Å². The Morgan fingerprint density at radius 3 is 1.82 bits per heavy atom. The van der Waals surface area contributed by atoms with Crippen molar-refractivity contribution in [2.75, 3.05) is 4.90 Å². The molecule has 3 heteroatoms. The normalized spacial score (nSPS) is 15.7. The molecular weight excluding hydrogens is 595 g/mol. The number of rotatable bonds is 3. The van der Waals surface area contributed by atoms with Gasteiger partial charge in [-0.15, -0.1) is 0 Å². The highest BCUT2D eigenvalue weighted by Crippen LogP contribution is 2.48. The SMILES string of the molecule is C/C=C\C=C1\c2nc3c4ccccc4c4ccccc4n3c2N(c2cccc(-c3ccc4c5ccccc5c5ccccc5c4c3)c2)C1C. The minimum atomic E-state index is 0.0954. The average Bonchev–Trinajstić information content (AvgIpc) is 3.67. The Morgan fingerprint density at radius 1 is 0.551 bits per heavy atom. The molecule has 2 aromatic heterocycles. The summed E-state index contributed by atoms with van der Waals surface area (Å²) in [5, 5.41) is 11.4. The summed E-state index contributed by atoms with van der Waals surface area (Å²) in [5.41, 5.74) is 7.98. The maximum atomic E-state index is 5.42. The highest BCUT2D eigenvalue weighted by Gasteiger charge is 2.37. The lowest BCUT2D eigenvalue weighted by Gasteiger charge is -2.26. The second-order valence-corrected chi connectivity index (χ2v) is 13.1. The molecule has 1 unspecified atom stereocenters. The van der Waals surface area contributed by atoms with Crippen LogP contribution in [0.2, 0.25) is 0 Å². The Morgan fingerprint density at radius 2 is 1.12 bits per heavy atom. The third-order valence-electron chi connectivity index (χ3n) is 10.5. The Balaban J connectivity index is 1.21. The number of fused-ring (bicyclic) bond motifs is 14. The van der Waals surface area contributed by atoms with Crippen molar-refractivity contribution in [1.29, 1.82) is 0 Å². The Hall–Kier alpha value is -6.19. The quantitative estimate of drug-likeness (QED) is 0.182. The number of pyridine rings is 1. The van der Waals surface area contributed by atoms with Crippen molar-refractivity contribution < 1.29 is 0 Å². The number of anilines is 2. The summed E-state index contributed by atoms with van der Waals surface area (Å²) >= 11 is 0. The molecule has 7 aromatic carbocycles.